The lowest BCUT2D eigenvalue weighted by atomic mass is 10.1. The van der Waals surface area contributed by atoms with Crippen molar-refractivity contribution in [2.24, 2.45) is 0 Å². The number of carbonyl (C=O) groups is 1. The van der Waals surface area contributed by atoms with Crippen molar-refractivity contribution in [3.8, 4) is 0 Å². The number of allylic oxidation sites excluding steroid dienone is 2. The Balaban J connectivity index is 4.18. The van der Waals surface area contributed by atoms with E-state index in [1.54, 1.807) is 0 Å². The van der Waals surface area contributed by atoms with Crippen LogP contribution in [0.4, 0.5) is 0 Å². The van der Waals surface area contributed by atoms with Crippen molar-refractivity contribution < 1.29 is 14.4 Å². The number of amides is 1. The molecule has 0 heterocycles. The normalized spacial score (nSPS) is 12.0. The first-order valence-electron chi connectivity index (χ1n) is 9.97. The molecule has 0 saturated carbocycles. The number of hydrogen-bond donors (Lipinski definition) is 1. The van der Waals surface area contributed by atoms with E-state index in [1.165, 1.54) is 6.42 Å². The zero-order valence-electron chi connectivity index (χ0n) is 16.6. The summed E-state index contributed by atoms with van der Waals surface area (Å²) in [4.78, 5) is 14.4. The second-order valence-corrected chi connectivity index (χ2v) is 6.60. The summed E-state index contributed by atoms with van der Waals surface area (Å²) < 4.78 is 0.893. The fraction of sp³-hybridized carbons (Fsp3) is 0.850. The van der Waals surface area contributed by atoms with Gasteiger partial charge >= 0.3 is 0 Å². The number of likely N-dealkylation sites (N-methyl/N-ethyl adjacent to an activating group) is 2. The van der Waals surface area contributed by atoms with E-state index in [4.69, 9.17) is 0 Å². The van der Waals surface area contributed by atoms with Crippen molar-refractivity contribution in [1.82, 2.24) is 4.90 Å². The van der Waals surface area contributed by atoms with Crippen LogP contribution in [-0.4, -0.2) is 66.3 Å². The van der Waals surface area contributed by atoms with E-state index in [0.29, 0.717) is 6.42 Å². The topological polar surface area (TPSA) is 40.5 Å². The van der Waals surface area contributed by atoms with E-state index in [-0.39, 0.29) is 12.5 Å². The fourth-order valence-electron chi connectivity index (χ4n) is 3.13. The maximum Gasteiger partial charge on any atom is 0.222 e. The summed E-state index contributed by atoms with van der Waals surface area (Å²) in [6.07, 6.45) is 10.7. The van der Waals surface area contributed by atoms with Gasteiger partial charge in [0.2, 0.25) is 5.91 Å². The minimum Gasteiger partial charge on any atom is -0.391 e. The molecular weight excluding hydrogens is 300 g/mol. The van der Waals surface area contributed by atoms with Crippen molar-refractivity contribution in [3.63, 3.8) is 0 Å². The summed E-state index contributed by atoms with van der Waals surface area (Å²) in [5.41, 5.74) is 0. The van der Waals surface area contributed by atoms with Gasteiger partial charge in [-0.2, -0.15) is 0 Å². The molecule has 0 radical (unpaired) electrons. The summed E-state index contributed by atoms with van der Waals surface area (Å²) >= 11 is 0. The Morgan fingerprint density at radius 2 is 1.71 bits per heavy atom. The molecule has 0 bridgehead atoms. The highest BCUT2D eigenvalue weighted by molar-refractivity contribution is 5.76. The van der Waals surface area contributed by atoms with Gasteiger partial charge in [0.15, 0.2) is 0 Å². The van der Waals surface area contributed by atoms with Crippen molar-refractivity contribution in [3.05, 3.63) is 12.2 Å². The Kier molecular flexibility index (Phi) is 13.9. The van der Waals surface area contributed by atoms with Gasteiger partial charge in [0.1, 0.15) is 6.54 Å². The Labute approximate surface area is 150 Å². The van der Waals surface area contributed by atoms with Crippen LogP contribution >= 0.6 is 0 Å². The van der Waals surface area contributed by atoms with Gasteiger partial charge in [0.25, 0.3) is 0 Å². The standard InChI is InChI=1S/C20H41N2O2/c1-5-9-10-11-12-13-14-15-20(24)21(6-2)16-17-22(7-3,8-4)18-19-23/h9-10,23H,5-8,11-19H2,1-4H3/q+1/b10-9+. The molecule has 4 nitrogen and oxygen atoms in total. The Hall–Kier alpha value is -0.870. The summed E-state index contributed by atoms with van der Waals surface area (Å²) in [6, 6.07) is 0. The van der Waals surface area contributed by atoms with Crippen molar-refractivity contribution >= 4 is 5.91 Å². The molecule has 0 aromatic rings. The fourth-order valence-corrected chi connectivity index (χ4v) is 3.13. The van der Waals surface area contributed by atoms with Crippen LogP contribution in [0.2, 0.25) is 0 Å². The molecule has 24 heavy (non-hydrogen) atoms. The molecule has 0 aliphatic carbocycles. The molecule has 0 rings (SSSR count). The second kappa shape index (κ2) is 14.5. The van der Waals surface area contributed by atoms with Crippen molar-refractivity contribution in [2.75, 3.05) is 45.9 Å². The van der Waals surface area contributed by atoms with Crippen LogP contribution in [0.15, 0.2) is 12.2 Å². The first kappa shape index (κ1) is 23.1. The number of aliphatic hydroxyl groups is 1. The van der Waals surface area contributed by atoms with Crippen molar-refractivity contribution in [1.29, 1.82) is 0 Å². The predicted molar refractivity (Wildman–Crippen MR) is 103 cm³/mol. The minimum atomic E-state index is 0.216. The van der Waals surface area contributed by atoms with E-state index in [2.05, 4.69) is 39.8 Å². The summed E-state index contributed by atoms with van der Waals surface area (Å²) in [5, 5.41) is 9.32. The third-order valence-electron chi connectivity index (χ3n) is 5.16. The Morgan fingerprint density at radius 3 is 2.25 bits per heavy atom. The monoisotopic (exact) mass is 341 g/mol. The molecule has 0 aliphatic rings. The van der Waals surface area contributed by atoms with Crippen LogP contribution in [0.25, 0.3) is 0 Å². The van der Waals surface area contributed by atoms with Gasteiger partial charge in [-0.15, -0.1) is 0 Å². The summed E-state index contributed by atoms with van der Waals surface area (Å²) in [7, 11) is 0. The van der Waals surface area contributed by atoms with Crippen LogP contribution < -0.4 is 0 Å². The lowest BCUT2D eigenvalue weighted by Crippen LogP contribution is -2.53. The van der Waals surface area contributed by atoms with E-state index in [9.17, 15) is 9.90 Å². The number of carbonyl (C=O) groups excluding carboxylic acids is 1. The maximum absolute atomic E-state index is 12.4. The quantitative estimate of drug-likeness (QED) is 0.281. The first-order valence-corrected chi connectivity index (χ1v) is 9.97. The van der Waals surface area contributed by atoms with Crippen molar-refractivity contribution in [2.45, 2.75) is 66.2 Å². The van der Waals surface area contributed by atoms with E-state index in [0.717, 1.165) is 69.4 Å². The van der Waals surface area contributed by atoms with Gasteiger partial charge in [-0.25, -0.2) is 0 Å². The van der Waals surface area contributed by atoms with Crippen LogP contribution in [0.1, 0.15) is 66.2 Å². The van der Waals surface area contributed by atoms with E-state index in [1.807, 2.05) is 4.90 Å². The molecule has 0 aromatic heterocycles. The first-order chi connectivity index (χ1) is 11.6. The highest BCUT2D eigenvalue weighted by Gasteiger charge is 2.24. The molecule has 0 aromatic carbocycles. The molecule has 1 N–H and O–H groups in total. The number of rotatable bonds is 15. The average Bonchev–Trinajstić information content (AvgIpc) is 2.60. The summed E-state index contributed by atoms with van der Waals surface area (Å²) in [5.74, 6) is 0.288. The molecule has 4 heteroatoms. The smallest absolute Gasteiger partial charge is 0.222 e. The Morgan fingerprint density at radius 1 is 1.00 bits per heavy atom. The van der Waals surface area contributed by atoms with Crippen LogP contribution in [-0.2, 0) is 4.79 Å². The van der Waals surface area contributed by atoms with Gasteiger partial charge in [0, 0.05) is 13.0 Å². The molecule has 0 saturated heterocycles. The van der Waals surface area contributed by atoms with E-state index < -0.39 is 0 Å². The Bertz CT molecular complexity index is 339. The lowest BCUT2D eigenvalue weighted by molar-refractivity contribution is -0.924. The maximum atomic E-state index is 12.4. The second-order valence-electron chi connectivity index (χ2n) is 6.60. The van der Waals surface area contributed by atoms with E-state index >= 15 is 0 Å². The average molecular weight is 342 g/mol. The number of quaternary nitrogens is 1. The molecule has 1 amide bonds. The molecule has 0 unspecified atom stereocenters. The highest BCUT2D eigenvalue weighted by atomic mass is 16.3. The summed E-state index contributed by atoms with van der Waals surface area (Å²) in [6.45, 7) is 14.1. The molecule has 0 fully saturated rings. The number of hydrogen-bond acceptors (Lipinski definition) is 2. The third kappa shape index (κ3) is 9.43. The molecule has 0 aliphatic heterocycles. The number of nitrogens with zero attached hydrogens (tertiary/aromatic N) is 2. The third-order valence-corrected chi connectivity index (χ3v) is 5.16. The molecule has 0 spiro atoms. The number of unbranched alkanes of at least 4 members (excludes halogenated alkanes) is 3. The highest BCUT2D eigenvalue weighted by Crippen LogP contribution is 2.09. The van der Waals surface area contributed by atoms with Crippen LogP contribution in [0.5, 0.6) is 0 Å². The zero-order chi connectivity index (χ0) is 18.3. The molecule has 142 valence electrons. The lowest BCUT2D eigenvalue weighted by Gasteiger charge is -2.38. The van der Waals surface area contributed by atoms with Gasteiger partial charge < -0.3 is 14.5 Å². The molecular formula is C20H41N2O2+. The van der Waals surface area contributed by atoms with Gasteiger partial charge in [0.05, 0.1) is 32.8 Å². The SMILES string of the molecule is CC/C=C/CCCCCC(=O)N(CC)CC[N+](CC)(CC)CCO. The van der Waals surface area contributed by atoms with Gasteiger partial charge in [-0.1, -0.05) is 25.5 Å². The number of aliphatic hydroxyl groups excluding tert-OH is 1. The minimum absolute atomic E-state index is 0.216. The van der Waals surface area contributed by atoms with Crippen LogP contribution in [0.3, 0.4) is 0 Å². The largest absolute Gasteiger partial charge is 0.391 e. The zero-order valence-corrected chi connectivity index (χ0v) is 16.6. The predicted octanol–water partition coefficient (Wildman–Crippen LogP) is 3.60. The van der Waals surface area contributed by atoms with Crippen LogP contribution in [0, 0.1) is 0 Å². The van der Waals surface area contributed by atoms with Gasteiger partial charge in [-0.3, -0.25) is 4.79 Å². The molecule has 0 atom stereocenters. The van der Waals surface area contributed by atoms with Gasteiger partial charge in [-0.05, 0) is 46.5 Å².